The number of nitrogens with two attached hydrogens (primary N) is 1. The molecule has 0 saturated heterocycles. The second-order valence-electron chi connectivity index (χ2n) is 7.93. The zero-order chi connectivity index (χ0) is 20.5. The van der Waals surface area contributed by atoms with E-state index in [1.165, 1.54) is 6.08 Å². The first-order valence-electron chi connectivity index (χ1n) is 9.25. The number of aryl methyl sites for hydroxylation is 1. The molecule has 1 amide bonds. The van der Waals surface area contributed by atoms with Crippen LogP contribution in [0.4, 0.5) is 0 Å². The van der Waals surface area contributed by atoms with Crippen LogP contribution in [0, 0.1) is 6.92 Å². The summed E-state index contributed by atoms with van der Waals surface area (Å²) in [5.74, 6) is 0.621. The van der Waals surface area contributed by atoms with Crippen molar-refractivity contribution in [1.29, 1.82) is 0 Å². The summed E-state index contributed by atoms with van der Waals surface area (Å²) in [6, 6.07) is 7.83. The summed E-state index contributed by atoms with van der Waals surface area (Å²) >= 11 is 0. The fourth-order valence-electron chi connectivity index (χ4n) is 3.15. The number of para-hydroxylation sites is 1. The highest BCUT2D eigenvalue weighted by atomic mass is 16.3. The molecule has 6 nitrogen and oxygen atoms in total. The van der Waals surface area contributed by atoms with E-state index in [2.05, 4.69) is 4.99 Å². The molecule has 0 spiro atoms. The van der Waals surface area contributed by atoms with Crippen LogP contribution in [-0.2, 0) is 11.3 Å². The van der Waals surface area contributed by atoms with Crippen molar-refractivity contribution >= 4 is 23.1 Å². The molecule has 1 aromatic heterocycles. The third kappa shape index (κ3) is 3.93. The Morgan fingerprint density at radius 3 is 2.82 bits per heavy atom. The Kier molecular flexibility index (Phi) is 5.28. The summed E-state index contributed by atoms with van der Waals surface area (Å²) in [5.41, 5.74) is 6.83. The molecule has 2 aromatic rings. The minimum atomic E-state index is -1.12. The highest BCUT2D eigenvalue weighted by Gasteiger charge is 2.40. The number of hydrogen-bond donors (Lipinski definition) is 2. The maximum Gasteiger partial charge on any atom is 0.246 e. The van der Waals surface area contributed by atoms with Gasteiger partial charge in [-0.15, -0.1) is 0 Å². The summed E-state index contributed by atoms with van der Waals surface area (Å²) in [6.45, 7) is 5.68. The molecule has 1 atom stereocenters. The first-order valence-corrected chi connectivity index (χ1v) is 9.25. The summed E-state index contributed by atoms with van der Waals surface area (Å²) in [5, 5.41) is 11.3. The molecule has 6 heteroatoms. The van der Waals surface area contributed by atoms with Gasteiger partial charge in [-0.05, 0) is 38.8 Å². The first-order chi connectivity index (χ1) is 13.1. The Morgan fingerprint density at radius 1 is 1.43 bits per heavy atom. The molecule has 1 aliphatic rings. The molecule has 0 bridgehead atoms. The number of fused-ring (bicyclic) bond motifs is 1. The summed E-state index contributed by atoms with van der Waals surface area (Å²) in [7, 11) is 1.73. The van der Waals surface area contributed by atoms with Gasteiger partial charge in [0, 0.05) is 36.5 Å². The number of furan rings is 1. The SMILES string of the molecule is Cc1c(CN(C)C(=O)/C=C/C2=CN=CC(N)(C(C)(C)O)C2)oc2ccccc12. The van der Waals surface area contributed by atoms with Gasteiger partial charge >= 0.3 is 0 Å². The number of hydrogen-bond acceptors (Lipinski definition) is 5. The molecule has 1 aromatic carbocycles. The second-order valence-corrected chi connectivity index (χ2v) is 7.93. The summed E-state index contributed by atoms with van der Waals surface area (Å²) in [4.78, 5) is 18.3. The fourth-order valence-corrected chi connectivity index (χ4v) is 3.15. The van der Waals surface area contributed by atoms with Crippen LogP contribution in [0.25, 0.3) is 11.0 Å². The number of allylic oxidation sites excluding steroid dienone is 1. The molecule has 0 aliphatic carbocycles. The Bertz CT molecular complexity index is 979. The van der Waals surface area contributed by atoms with E-state index in [1.54, 1.807) is 44.3 Å². The fraction of sp³-hybridized carbons (Fsp3) is 0.364. The van der Waals surface area contributed by atoms with Crippen molar-refractivity contribution < 1.29 is 14.3 Å². The van der Waals surface area contributed by atoms with Crippen LogP contribution >= 0.6 is 0 Å². The predicted molar refractivity (Wildman–Crippen MR) is 111 cm³/mol. The summed E-state index contributed by atoms with van der Waals surface area (Å²) in [6.07, 6.45) is 6.81. The van der Waals surface area contributed by atoms with Crippen LogP contribution in [0.15, 0.2) is 57.6 Å². The van der Waals surface area contributed by atoms with Crippen LogP contribution in [0.5, 0.6) is 0 Å². The van der Waals surface area contributed by atoms with Crippen molar-refractivity contribution in [2.24, 2.45) is 10.7 Å². The molecular weight excluding hydrogens is 354 g/mol. The van der Waals surface area contributed by atoms with Gasteiger partial charge in [-0.2, -0.15) is 0 Å². The number of nitrogens with zero attached hydrogens (tertiary/aromatic N) is 2. The maximum absolute atomic E-state index is 12.5. The zero-order valence-electron chi connectivity index (χ0n) is 16.8. The van der Waals surface area contributed by atoms with E-state index >= 15 is 0 Å². The van der Waals surface area contributed by atoms with Crippen molar-refractivity contribution in [3.05, 3.63) is 59.5 Å². The topological polar surface area (TPSA) is 92.1 Å². The van der Waals surface area contributed by atoms with Crippen molar-refractivity contribution in [2.45, 2.75) is 44.9 Å². The van der Waals surface area contributed by atoms with Gasteiger partial charge in [0.25, 0.3) is 0 Å². The Morgan fingerprint density at radius 2 is 2.14 bits per heavy atom. The van der Waals surface area contributed by atoms with Crippen LogP contribution in [-0.4, -0.2) is 40.3 Å². The Balaban J connectivity index is 1.68. The number of benzene rings is 1. The van der Waals surface area contributed by atoms with Gasteiger partial charge in [0.1, 0.15) is 11.3 Å². The van der Waals surface area contributed by atoms with Gasteiger partial charge in [-0.3, -0.25) is 9.79 Å². The van der Waals surface area contributed by atoms with Crippen molar-refractivity contribution in [2.75, 3.05) is 7.05 Å². The molecule has 2 heterocycles. The monoisotopic (exact) mass is 381 g/mol. The largest absolute Gasteiger partial charge is 0.459 e. The normalized spacial score (nSPS) is 20.0. The van der Waals surface area contributed by atoms with Crippen LogP contribution in [0.2, 0.25) is 0 Å². The molecule has 148 valence electrons. The highest BCUT2D eigenvalue weighted by molar-refractivity contribution is 5.88. The molecule has 0 fully saturated rings. The smallest absolute Gasteiger partial charge is 0.246 e. The van der Waals surface area contributed by atoms with Crippen molar-refractivity contribution in [3.8, 4) is 0 Å². The van der Waals surface area contributed by atoms with E-state index in [9.17, 15) is 9.90 Å². The van der Waals surface area contributed by atoms with Crippen LogP contribution in [0.3, 0.4) is 0 Å². The van der Waals surface area contributed by atoms with Gasteiger partial charge in [0.05, 0.1) is 17.7 Å². The van der Waals surface area contributed by atoms with Gasteiger partial charge < -0.3 is 20.2 Å². The van der Waals surface area contributed by atoms with Crippen molar-refractivity contribution in [3.63, 3.8) is 0 Å². The van der Waals surface area contributed by atoms with E-state index < -0.39 is 11.1 Å². The average molecular weight is 381 g/mol. The number of rotatable bonds is 5. The van der Waals surface area contributed by atoms with Crippen LogP contribution < -0.4 is 5.73 Å². The summed E-state index contributed by atoms with van der Waals surface area (Å²) < 4.78 is 5.89. The lowest BCUT2D eigenvalue weighted by molar-refractivity contribution is -0.125. The number of aliphatic hydroxyl groups is 1. The van der Waals surface area contributed by atoms with Crippen LogP contribution in [0.1, 0.15) is 31.6 Å². The Hall–Kier alpha value is -2.70. The molecule has 0 saturated carbocycles. The molecule has 28 heavy (non-hydrogen) atoms. The molecule has 3 N–H and O–H groups in total. The second kappa shape index (κ2) is 7.37. The first kappa shape index (κ1) is 20.0. The predicted octanol–water partition coefficient (Wildman–Crippen LogP) is 3.08. The maximum atomic E-state index is 12.5. The molecular formula is C22H27N3O3. The lowest BCUT2D eigenvalue weighted by Gasteiger charge is -2.38. The minimum Gasteiger partial charge on any atom is -0.459 e. The number of likely N-dealkylation sites (N-methyl/N-ethyl adjacent to an activating group) is 1. The highest BCUT2D eigenvalue weighted by Crippen LogP contribution is 2.28. The number of carbonyl (C=O) groups is 1. The van der Waals surface area contributed by atoms with E-state index in [4.69, 9.17) is 10.2 Å². The molecule has 1 aliphatic heterocycles. The third-order valence-electron chi connectivity index (χ3n) is 5.32. The van der Waals surface area contributed by atoms with E-state index in [1.807, 2.05) is 31.2 Å². The van der Waals surface area contributed by atoms with Gasteiger partial charge in [0.2, 0.25) is 5.91 Å². The van der Waals surface area contributed by atoms with Gasteiger partial charge in [-0.1, -0.05) is 24.3 Å². The van der Waals surface area contributed by atoms with Crippen molar-refractivity contribution in [1.82, 2.24) is 4.90 Å². The Labute approximate surface area is 165 Å². The lowest BCUT2D eigenvalue weighted by Crippen LogP contribution is -2.59. The van der Waals surface area contributed by atoms with E-state index in [0.717, 1.165) is 27.9 Å². The van der Waals surface area contributed by atoms with E-state index in [0.29, 0.717) is 13.0 Å². The van der Waals surface area contributed by atoms with Gasteiger partial charge in [-0.25, -0.2) is 0 Å². The lowest BCUT2D eigenvalue weighted by atomic mass is 9.78. The average Bonchev–Trinajstić information content (AvgIpc) is 2.95. The molecule has 1 unspecified atom stereocenters. The quantitative estimate of drug-likeness (QED) is 0.779. The standard InChI is InChI=1S/C22H27N3O3/c1-15-17-7-5-6-8-18(17)28-19(15)13-25(4)20(26)10-9-16-11-22(23,14-24-12-16)21(2,3)27/h5-10,12,14,27H,11,13,23H2,1-4H3/b10-9+. The van der Waals surface area contributed by atoms with E-state index in [-0.39, 0.29) is 5.91 Å². The number of aliphatic imine (C=N–C) groups is 1. The third-order valence-corrected chi connectivity index (χ3v) is 5.32. The molecule has 0 radical (unpaired) electrons. The zero-order valence-corrected chi connectivity index (χ0v) is 16.8. The van der Waals surface area contributed by atoms with Gasteiger partial charge in [0.15, 0.2) is 0 Å². The number of carbonyl (C=O) groups excluding carboxylic acids is 1. The minimum absolute atomic E-state index is 0.152. The molecule has 3 rings (SSSR count). The number of amides is 1.